The van der Waals surface area contributed by atoms with Crippen molar-refractivity contribution in [3.8, 4) is 5.75 Å². The topological polar surface area (TPSA) is 79.5 Å². The summed E-state index contributed by atoms with van der Waals surface area (Å²) in [6.45, 7) is 0. The first-order valence-electron chi connectivity index (χ1n) is 5.43. The van der Waals surface area contributed by atoms with Gasteiger partial charge in [-0.25, -0.2) is 0 Å². The van der Waals surface area contributed by atoms with Crippen molar-refractivity contribution < 1.29 is 9.94 Å². The number of rotatable bonds is 4. The quantitative estimate of drug-likeness (QED) is 0.378. The molecule has 0 unspecified atom stereocenters. The van der Waals surface area contributed by atoms with E-state index in [2.05, 4.69) is 10.8 Å². The van der Waals surface area contributed by atoms with Crippen LogP contribution < -0.4 is 16.5 Å². The third-order valence-electron chi connectivity index (χ3n) is 2.42. The van der Waals surface area contributed by atoms with Crippen molar-refractivity contribution in [1.82, 2.24) is 0 Å². The summed E-state index contributed by atoms with van der Waals surface area (Å²) in [6, 6.07) is 12.2. The van der Waals surface area contributed by atoms with Crippen molar-refractivity contribution in [2.75, 3.05) is 23.6 Å². The van der Waals surface area contributed by atoms with E-state index in [9.17, 15) is 5.11 Å². The molecular formula is C13H15N3O2. The highest BCUT2D eigenvalue weighted by molar-refractivity contribution is 5.76. The van der Waals surface area contributed by atoms with E-state index in [0.29, 0.717) is 5.69 Å². The Morgan fingerprint density at radius 1 is 1.06 bits per heavy atom. The van der Waals surface area contributed by atoms with Gasteiger partial charge in [0, 0.05) is 5.69 Å². The maximum Gasteiger partial charge on any atom is 0.115 e. The fraction of sp³-hybridized carbons (Fsp3) is 0.0769. The molecule has 5 N–H and O–H groups in total. The number of nitrogens with two attached hydrogens (primary N) is 1. The lowest BCUT2D eigenvalue weighted by molar-refractivity contribution is 0.271. The van der Waals surface area contributed by atoms with Gasteiger partial charge < -0.3 is 16.2 Å². The molecule has 2 aromatic carbocycles. The Hall–Kier alpha value is -2.40. The molecule has 0 saturated heterocycles. The maximum atomic E-state index is 9.20. The molecule has 0 aliphatic heterocycles. The molecule has 0 heterocycles. The van der Waals surface area contributed by atoms with Gasteiger partial charge in [-0.2, -0.15) is 0 Å². The summed E-state index contributed by atoms with van der Waals surface area (Å²) in [5.74, 6) is 0.230. The van der Waals surface area contributed by atoms with Crippen molar-refractivity contribution in [2.45, 2.75) is 0 Å². The average molecular weight is 245 g/mol. The van der Waals surface area contributed by atoms with Crippen LogP contribution in [0.15, 0.2) is 42.5 Å². The summed E-state index contributed by atoms with van der Waals surface area (Å²) in [7, 11) is 1.54. The van der Waals surface area contributed by atoms with Crippen molar-refractivity contribution in [3.05, 3.63) is 42.5 Å². The van der Waals surface area contributed by atoms with Crippen LogP contribution in [0, 0.1) is 0 Å². The molecule has 2 aromatic rings. The Balaban J connectivity index is 2.16. The summed E-state index contributed by atoms with van der Waals surface area (Å²) in [5.41, 5.74) is 11.7. The molecule has 0 fully saturated rings. The number of benzene rings is 2. The van der Waals surface area contributed by atoms with Gasteiger partial charge >= 0.3 is 0 Å². The standard InChI is InChI=1S/C13H15N3O2/c1-18-16-10-4-7-13(12(14)8-10)15-9-2-5-11(17)6-3-9/h2-8,15-17H,14H2,1H3. The fourth-order valence-corrected chi connectivity index (χ4v) is 1.56. The fourth-order valence-electron chi connectivity index (χ4n) is 1.56. The molecule has 0 amide bonds. The van der Waals surface area contributed by atoms with E-state index < -0.39 is 0 Å². The number of nitrogens with one attached hydrogen (secondary N) is 2. The molecule has 0 spiro atoms. The lowest BCUT2D eigenvalue weighted by Gasteiger charge is -2.11. The second-order valence-electron chi connectivity index (χ2n) is 3.78. The molecule has 18 heavy (non-hydrogen) atoms. The predicted octanol–water partition coefficient (Wildman–Crippen LogP) is 2.69. The molecule has 0 aliphatic rings. The first-order chi connectivity index (χ1) is 8.69. The van der Waals surface area contributed by atoms with Gasteiger partial charge in [-0.15, -0.1) is 0 Å². The lowest BCUT2D eigenvalue weighted by Crippen LogP contribution is -1.99. The first-order valence-corrected chi connectivity index (χ1v) is 5.43. The molecule has 0 atom stereocenters. The maximum absolute atomic E-state index is 9.20. The van der Waals surface area contributed by atoms with E-state index in [4.69, 9.17) is 10.6 Å². The van der Waals surface area contributed by atoms with Gasteiger partial charge in [-0.05, 0) is 42.5 Å². The summed E-state index contributed by atoms with van der Waals surface area (Å²) >= 11 is 0. The van der Waals surface area contributed by atoms with Crippen molar-refractivity contribution in [1.29, 1.82) is 0 Å². The Morgan fingerprint density at radius 3 is 2.33 bits per heavy atom. The van der Waals surface area contributed by atoms with Gasteiger partial charge in [0.25, 0.3) is 0 Å². The number of phenolic OH excluding ortho intramolecular Hbond substituents is 1. The number of phenols is 1. The second kappa shape index (κ2) is 5.29. The van der Waals surface area contributed by atoms with E-state index in [0.717, 1.165) is 17.1 Å². The molecule has 0 saturated carbocycles. The Labute approximate surface area is 105 Å². The third kappa shape index (κ3) is 2.83. The minimum absolute atomic E-state index is 0.230. The van der Waals surface area contributed by atoms with Crippen LogP contribution in [0.3, 0.4) is 0 Å². The van der Waals surface area contributed by atoms with Crippen LogP contribution in [0.2, 0.25) is 0 Å². The number of nitrogen functional groups attached to an aromatic ring is 1. The number of hydrogen-bond donors (Lipinski definition) is 4. The summed E-state index contributed by atoms with van der Waals surface area (Å²) in [4.78, 5) is 4.80. The molecule has 0 radical (unpaired) electrons. The molecule has 0 aromatic heterocycles. The van der Waals surface area contributed by atoms with Crippen LogP contribution in [-0.2, 0) is 4.84 Å². The van der Waals surface area contributed by atoms with Crippen LogP contribution in [0.1, 0.15) is 0 Å². The normalized spacial score (nSPS) is 10.1. The zero-order chi connectivity index (χ0) is 13.0. The third-order valence-corrected chi connectivity index (χ3v) is 2.42. The molecule has 0 aliphatic carbocycles. The van der Waals surface area contributed by atoms with E-state index in [1.54, 1.807) is 37.4 Å². The molecule has 94 valence electrons. The smallest absolute Gasteiger partial charge is 0.115 e. The molecule has 5 nitrogen and oxygen atoms in total. The van der Waals surface area contributed by atoms with E-state index >= 15 is 0 Å². The van der Waals surface area contributed by atoms with Gasteiger partial charge in [-0.3, -0.25) is 10.3 Å². The second-order valence-corrected chi connectivity index (χ2v) is 3.78. The minimum atomic E-state index is 0.230. The summed E-state index contributed by atoms with van der Waals surface area (Å²) in [6.07, 6.45) is 0. The molecular weight excluding hydrogens is 230 g/mol. The predicted molar refractivity (Wildman–Crippen MR) is 72.9 cm³/mol. The van der Waals surface area contributed by atoms with Crippen molar-refractivity contribution in [3.63, 3.8) is 0 Å². The highest BCUT2D eigenvalue weighted by Crippen LogP contribution is 2.26. The summed E-state index contributed by atoms with van der Waals surface area (Å²) in [5, 5.41) is 12.4. The Morgan fingerprint density at radius 2 is 1.72 bits per heavy atom. The van der Waals surface area contributed by atoms with Crippen LogP contribution in [0.4, 0.5) is 22.7 Å². The number of hydrogen-bond acceptors (Lipinski definition) is 5. The Kier molecular flexibility index (Phi) is 3.54. The monoisotopic (exact) mass is 245 g/mol. The van der Waals surface area contributed by atoms with Crippen molar-refractivity contribution >= 4 is 22.7 Å². The largest absolute Gasteiger partial charge is 0.508 e. The van der Waals surface area contributed by atoms with Crippen LogP contribution in [0.5, 0.6) is 5.75 Å². The van der Waals surface area contributed by atoms with Gasteiger partial charge in [0.05, 0.1) is 24.2 Å². The van der Waals surface area contributed by atoms with Crippen LogP contribution in [-0.4, -0.2) is 12.2 Å². The zero-order valence-corrected chi connectivity index (χ0v) is 9.97. The van der Waals surface area contributed by atoms with E-state index in [-0.39, 0.29) is 5.75 Å². The van der Waals surface area contributed by atoms with Crippen LogP contribution >= 0.6 is 0 Å². The van der Waals surface area contributed by atoms with Crippen molar-refractivity contribution in [2.24, 2.45) is 0 Å². The average Bonchev–Trinajstić information content (AvgIpc) is 2.36. The highest BCUT2D eigenvalue weighted by Gasteiger charge is 2.01. The zero-order valence-electron chi connectivity index (χ0n) is 9.97. The summed E-state index contributed by atoms with van der Waals surface area (Å²) < 4.78 is 0. The SMILES string of the molecule is CONc1ccc(Nc2ccc(O)cc2)c(N)c1. The minimum Gasteiger partial charge on any atom is -0.508 e. The van der Waals surface area contributed by atoms with Gasteiger partial charge in [-0.1, -0.05) is 0 Å². The van der Waals surface area contributed by atoms with E-state index in [1.165, 1.54) is 0 Å². The number of aromatic hydroxyl groups is 1. The first kappa shape index (κ1) is 12.1. The number of anilines is 4. The van der Waals surface area contributed by atoms with Gasteiger partial charge in [0.15, 0.2) is 0 Å². The van der Waals surface area contributed by atoms with Gasteiger partial charge in [0.1, 0.15) is 5.75 Å². The molecule has 0 bridgehead atoms. The van der Waals surface area contributed by atoms with Gasteiger partial charge in [0.2, 0.25) is 0 Å². The molecule has 5 heteroatoms. The molecule has 2 rings (SSSR count). The van der Waals surface area contributed by atoms with E-state index in [1.807, 2.05) is 12.1 Å². The highest BCUT2D eigenvalue weighted by atomic mass is 16.6. The van der Waals surface area contributed by atoms with Crippen LogP contribution in [0.25, 0.3) is 0 Å². The lowest BCUT2D eigenvalue weighted by atomic mass is 10.2. The Bertz CT molecular complexity index is 526.